The lowest BCUT2D eigenvalue weighted by atomic mass is 10.0. The first-order chi connectivity index (χ1) is 21.8. The van der Waals surface area contributed by atoms with E-state index in [0.717, 1.165) is 49.8 Å². The Labute approximate surface area is 256 Å². The van der Waals surface area contributed by atoms with Gasteiger partial charge in [0.1, 0.15) is 11.2 Å². The summed E-state index contributed by atoms with van der Waals surface area (Å²) in [4.78, 5) is 14.7. The molecule has 6 aromatic carbocycles. The molecule has 0 aliphatic rings. The van der Waals surface area contributed by atoms with Crippen LogP contribution in [0.1, 0.15) is 0 Å². The van der Waals surface area contributed by atoms with Crippen LogP contribution >= 0.6 is 11.3 Å². The van der Waals surface area contributed by atoms with E-state index in [1.54, 1.807) is 11.3 Å². The quantitative estimate of drug-likeness (QED) is 0.207. The van der Waals surface area contributed by atoms with E-state index in [4.69, 9.17) is 19.4 Å². The van der Waals surface area contributed by atoms with Crippen LogP contribution in [-0.4, -0.2) is 15.0 Å². The van der Waals surface area contributed by atoms with Crippen molar-refractivity contribution in [3.05, 3.63) is 140 Å². The molecule has 0 saturated heterocycles. The van der Waals surface area contributed by atoms with Gasteiger partial charge >= 0.3 is 0 Å². The molecule has 5 heteroatoms. The Morgan fingerprint density at radius 2 is 1.05 bits per heavy atom. The molecule has 3 aromatic heterocycles. The number of fused-ring (bicyclic) bond motifs is 6. The highest BCUT2D eigenvalue weighted by atomic mass is 32.1. The molecule has 0 saturated carbocycles. The molecule has 0 radical (unpaired) electrons. The first-order valence-electron chi connectivity index (χ1n) is 14.5. The Bertz CT molecular complexity index is 2440. The van der Waals surface area contributed by atoms with Crippen molar-refractivity contribution in [3.63, 3.8) is 0 Å². The van der Waals surface area contributed by atoms with Crippen LogP contribution in [-0.2, 0) is 0 Å². The summed E-state index contributed by atoms with van der Waals surface area (Å²) in [7, 11) is 0. The summed E-state index contributed by atoms with van der Waals surface area (Å²) in [6.45, 7) is 0. The molecule has 0 fully saturated rings. The third-order valence-corrected chi connectivity index (χ3v) is 9.28. The van der Waals surface area contributed by atoms with Crippen LogP contribution in [0.3, 0.4) is 0 Å². The lowest BCUT2D eigenvalue weighted by Crippen LogP contribution is -2.00. The highest BCUT2D eigenvalue weighted by molar-refractivity contribution is 7.25. The Kier molecular flexibility index (Phi) is 5.64. The first-order valence-corrected chi connectivity index (χ1v) is 15.3. The van der Waals surface area contributed by atoms with Crippen LogP contribution in [0.4, 0.5) is 0 Å². The predicted octanol–water partition coefficient (Wildman–Crippen LogP) is 10.8. The van der Waals surface area contributed by atoms with Gasteiger partial charge in [-0.3, -0.25) is 0 Å². The molecule has 9 rings (SSSR count). The first kappa shape index (κ1) is 24.9. The predicted molar refractivity (Wildman–Crippen MR) is 182 cm³/mol. The van der Waals surface area contributed by atoms with Gasteiger partial charge in [0.2, 0.25) is 0 Å². The molecule has 0 unspecified atom stereocenters. The van der Waals surface area contributed by atoms with Crippen molar-refractivity contribution >= 4 is 53.4 Å². The highest BCUT2D eigenvalue weighted by Gasteiger charge is 2.16. The third-order valence-electron chi connectivity index (χ3n) is 8.14. The Hall–Kier alpha value is -5.65. The maximum atomic E-state index is 6.34. The summed E-state index contributed by atoms with van der Waals surface area (Å²) in [5, 5.41) is 4.69. The monoisotopic (exact) mass is 581 g/mol. The van der Waals surface area contributed by atoms with E-state index in [1.807, 2.05) is 72.8 Å². The van der Waals surface area contributed by atoms with Crippen LogP contribution < -0.4 is 0 Å². The second kappa shape index (κ2) is 9.97. The maximum absolute atomic E-state index is 6.34. The highest BCUT2D eigenvalue weighted by Crippen LogP contribution is 2.41. The Morgan fingerprint density at radius 3 is 1.80 bits per heavy atom. The molecular formula is C39H23N3OS. The number of furan rings is 1. The largest absolute Gasteiger partial charge is 0.455 e. The summed E-state index contributed by atoms with van der Waals surface area (Å²) in [5.41, 5.74) is 6.97. The van der Waals surface area contributed by atoms with E-state index in [1.165, 1.54) is 20.2 Å². The van der Waals surface area contributed by atoms with Crippen molar-refractivity contribution in [3.8, 4) is 45.3 Å². The maximum Gasteiger partial charge on any atom is 0.164 e. The molecule has 0 bridgehead atoms. The molecule has 0 spiro atoms. The summed E-state index contributed by atoms with van der Waals surface area (Å²) in [6.07, 6.45) is 0. The van der Waals surface area contributed by atoms with Gasteiger partial charge in [0, 0.05) is 53.2 Å². The Morgan fingerprint density at radius 1 is 0.409 bits per heavy atom. The second-order valence-electron chi connectivity index (χ2n) is 10.8. The van der Waals surface area contributed by atoms with Gasteiger partial charge in [0.05, 0.1) is 0 Å². The molecule has 206 valence electrons. The number of rotatable bonds is 4. The number of benzene rings is 6. The normalized spacial score (nSPS) is 11.6. The lowest BCUT2D eigenvalue weighted by Gasteiger charge is -2.08. The van der Waals surface area contributed by atoms with E-state index < -0.39 is 0 Å². The minimum absolute atomic E-state index is 0.659. The van der Waals surface area contributed by atoms with Crippen molar-refractivity contribution in [2.24, 2.45) is 0 Å². The lowest BCUT2D eigenvalue weighted by molar-refractivity contribution is 0.670. The molecule has 0 aliphatic heterocycles. The number of thiophene rings is 1. The van der Waals surface area contributed by atoms with Crippen LogP contribution in [0, 0.1) is 0 Å². The van der Waals surface area contributed by atoms with E-state index >= 15 is 0 Å². The zero-order valence-corrected chi connectivity index (χ0v) is 24.3. The summed E-state index contributed by atoms with van der Waals surface area (Å²) >= 11 is 1.80. The van der Waals surface area contributed by atoms with Gasteiger partial charge in [-0.1, -0.05) is 109 Å². The number of hydrogen-bond acceptors (Lipinski definition) is 5. The van der Waals surface area contributed by atoms with Crippen LogP contribution in [0.25, 0.3) is 87.4 Å². The third kappa shape index (κ3) is 4.09. The number of hydrogen-bond donors (Lipinski definition) is 0. The number of aromatic nitrogens is 3. The van der Waals surface area contributed by atoms with Crippen molar-refractivity contribution in [2.45, 2.75) is 0 Å². The zero-order chi connectivity index (χ0) is 29.0. The van der Waals surface area contributed by atoms with Crippen LogP contribution in [0.15, 0.2) is 144 Å². The number of nitrogens with zero attached hydrogens (tertiary/aromatic N) is 3. The molecule has 0 aliphatic carbocycles. The Balaban J connectivity index is 1.18. The van der Waals surface area contributed by atoms with Gasteiger partial charge < -0.3 is 4.42 Å². The van der Waals surface area contributed by atoms with E-state index in [9.17, 15) is 0 Å². The van der Waals surface area contributed by atoms with Crippen molar-refractivity contribution in [2.75, 3.05) is 0 Å². The fourth-order valence-corrected chi connectivity index (χ4v) is 7.12. The molecule has 44 heavy (non-hydrogen) atoms. The average molecular weight is 582 g/mol. The average Bonchev–Trinajstić information content (AvgIpc) is 3.66. The fraction of sp³-hybridized carbons (Fsp3) is 0. The molecule has 0 amide bonds. The molecule has 4 nitrogen and oxygen atoms in total. The van der Waals surface area contributed by atoms with E-state index in [0.29, 0.717) is 17.5 Å². The molecular weight excluding hydrogens is 559 g/mol. The second-order valence-corrected chi connectivity index (χ2v) is 11.9. The topological polar surface area (TPSA) is 51.8 Å². The van der Waals surface area contributed by atoms with Crippen LogP contribution in [0.5, 0.6) is 0 Å². The zero-order valence-electron chi connectivity index (χ0n) is 23.4. The van der Waals surface area contributed by atoms with Gasteiger partial charge in [-0.2, -0.15) is 0 Å². The fourth-order valence-electron chi connectivity index (χ4n) is 6.00. The summed E-state index contributed by atoms with van der Waals surface area (Å²) in [6, 6.07) is 48.0. The van der Waals surface area contributed by atoms with E-state index in [-0.39, 0.29) is 0 Å². The smallest absolute Gasteiger partial charge is 0.164 e. The number of para-hydroxylation sites is 2. The summed E-state index contributed by atoms with van der Waals surface area (Å²) < 4.78 is 8.80. The van der Waals surface area contributed by atoms with Gasteiger partial charge in [-0.15, -0.1) is 11.3 Å². The van der Waals surface area contributed by atoms with Crippen molar-refractivity contribution in [1.82, 2.24) is 15.0 Å². The molecule has 0 N–H and O–H groups in total. The minimum atomic E-state index is 0.659. The van der Waals surface area contributed by atoms with Gasteiger partial charge in [0.25, 0.3) is 0 Å². The van der Waals surface area contributed by atoms with E-state index in [2.05, 4.69) is 66.7 Å². The van der Waals surface area contributed by atoms with Crippen molar-refractivity contribution < 1.29 is 4.42 Å². The summed E-state index contributed by atoms with van der Waals surface area (Å²) in [5.74, 6) is 1.98. The SMILES string of the molecule is c1ccc(-c2nc(-c3ccccc3)nc(-c3ccc4sc5cc(-c6cccc7c6oc6ccccc67)ccc5c4c3)n2)cc1. The molecule has 9 aromatic rings. The minimum Gasteiger partial charge on any atom is -0.455 e. The van der Waals surface area contributed by atoms with Gasteiger partial charge in [-0.25, -0.2) is 15.0 Å². The van der Waals surface area contributed by atoms with Crippen LogP contribution in [0.2, 0.25) is 0 Å². The standard InChI is InChI=1S/C39H23N3OS/c1-3-10-24(11-4-1)37-40-38(25-12-5-2-6-13-25)42-39(41-37)27-19-21-34-32(22-27)30-20-18-26(23-35(30)44-34)28-15-9-16-31-29-14-7-8-17-33(29)43-36(28)31/h1-23H. The molecule has 3 heterocycles. The van der Waals surface area contributed by atoms with Gasteiger partial charge in [0.15, 0.2) is 17.5 Å². The van der Waals surface area contributed by atoms with Gasteiger partial charge in [-0.05, 0) is 35.9 Å². The van der Waals surface area contributed by atoms with Crippen molar-refractivity contribution in [1.29, 1.82) is 0 Å². The molecule has 0 atom stereocenters.